The third-order valence-corrected chi connectivity index (χ3v) is 3.00. The fourth-order valence-electron chi connectivity index (χ4n) is 1.75. The molecule has 0 spiro atoms. The first-order valence-electron chi connectivity index (χ1n) is 5.73. The molecule has 4 nitrogen and oxygen atoms in total. The second kappa shape index (κ2) is 7.69. The molecule has 0 bridgehead atoms. The predicted molar refractivity (Wildman–Crippen MR) is 86.1 cm³/mol. The summed E-state index contributed by atoms with van der Waals surface area (Å²) in [4.78, 5) is 10.5. The first kappa shape index (κ1) is 18.2. The minimum atomic E-state index is -0.501. The number of nitroso groups, excluding NO2 is 1. The van der Waals surface area contributed by atoms with Gasteiger partial charge in [0.05, 0.1) is 12.4 Å². The standard InChI is InChI=1S/C12H22INO3S/c1-9(11(2,3)8-12(4,5)18)16-6-10(14-15)7-17-13/h10,18H,1,6-8H2,2-5H3. The highest BCUT2D eigenvalue weighted by atomic mass is 127. The van der Waals surface area contributed by atoms with E-state index in [1.54, 1.807) is 23.0 Å². The van der Waals surface area contributed by atoms with Crippen LogP contribution in [-0.4, -0.2) is 24.0 Å². The molecule has 0 rings (SSSR count). The molecule has 0 aliphatic heterocycles. The Morgan fingerprint density at radius 1 is 1.39 bits per heavy atom. The van der Waals surface area contributed by atoms with Crippen LogP contribution in [0.5, 0.6) is 0 Å². The fourth-order valence-corrected chi connectivity index (χ4v) is 2.56. The van der Waals surface area contributed by atoms with Gasteiger partial charge in [0.1, 0.15) is 35.7 Å². The van der Waals surface area contributed by atoms with Crippen molar-refractivity contribution in [3.63, 3.8) is 0 Å². The zero-order valence-corrected chi connectivity index (χ0v) is 14.5. The molecule has 1 atom stereocenters. The van der Waals surface area contributed by atoms with Crippen molar-refractivity contribution in [3.05, 3.63) is 17.2 Å². The van der Waals surface area contributed by atoms with Crippen LogP contribution in [-0.2, 0) is 7.80 Å². The molecule has 1 unspecified atom stereocenters. The molecule has 0 heterocycles. The second-order valence-corrected chi connectivity index (χ2v) is 7.48. The minimum absolute atomic E-state index is 0.108. The number of nitrogens with zero attached hydrogens (tertiary/aromatic N) is 1. The van der Waals surface area contributed by atoms with E-state index in [9.17, 15) is 4.91 Å². The van der Waals surface area contributed by atoms with Gasteiger partial charge >= 0.3 is 0 Å². The monoisotopic (exact) mass is 387 g/mol. The molecular formula is C12H22INO3S. The van der Waals surface area contributed by atoms with Crippen molar-refractivity contribution in [1.82, 2.24) is 0 Å². The van der Waals surface area contributed by atoms with E-state index in [0.29, 0.717) is 5.76 Å². The lowest BCUT2D eigenvalue weighted by atomic mass is 9.82. The van der Waals surface area contributed by atoms with E-state index in [1.807, 2.05) is 27.7 Å². The Morgan fingerprint density at radius 2 is 1.94 bits per heavy atom. The van der Waals surface area contributed by atoms with Gasteiger partial charge in [-0.15, -0.1) is 0 Å². The Hall–Kier alpha value is 0.180. The minimum Gasteiger partial charge on any atom is -0.496 e. The molecule has 0 aliphatic rings. The molecule has 0 aromatic rings. The first-order chi connectivity index (χ1) is 8.12. The van der Waals surface area contributed by atoms with Crippen LogP contribution < -0.4 is 0 Å². The molecule has 0 N–H and O–H groups in total. The zero-order chi connectivity index (χ0) is 14.4. The van der Waals surface area contributed by atoms with Gasteiger partial charge in [-0.05, 0) is 6.42 Å². The van der Waals surface area contributed by atoms with E-state index in [4.69, 9.17) is 7.80 Å². The number of hydrogen-bond donors (Lipinski definition) is 1. The molecular weight excluding hydrogens is 365 g/mol. The van der Waals surface area contributed by atoms with Crippen molar-refractivity contribution in [2.75, 3.05) is 13.2 Å². The Labute approximate surface area is 129 Å². The van der Waals surface area contributed by atoms with Gasteiger partial charge in [0.25, 0.3) is 0 Å². The summed E-state index contributed by atoms with van der Waals surface area (Å²) < 4.78 is 10.3. The van der Waals surface area contributed by atoms with Gasteiger partial charge in [-0.1, -0.05) is 39.5 Å². The second-order valence-electron chi connectivity index (χ2n) is 5.64. The highest BCUT2D eigenvalue weighted by Gasteiger charge is 2.30. The average molecular weight is 387 g/mol. The normalized spacial score (nSPS) is 14.1. The van der Waals surface area contributed by atoms with Crippen molar-refractivity contribution >= 4 is 35.6 Å². The van der Waals surface area contributed by atoms with E-state index >= 15 is 0 Å². The van der Waals surface area contributed by atoms with E-state index < -0.39 is 6.04 Å². The van der Waals surface area contributed by atoms with E-state index in [2.05, 4.69) is 24.4 Å². The number of hydrogen-bond acceptors (Lipinski definition) is 5. The van der Waals surface area contributed by atoms with E-state index in [1.165, 1.54) is 0 Å². The Morgan fingerprint density at radius 3 is 2.33 bits per heavy atom. The number of ether oxygens (including phenoxy) is 1. The maximum atomic E-state index is 10.5. The molecule has 106 valence electrons. The van der Waals surface area contributed by atoms with Gasteiger partial charge in [0.2, 0.25) is 0 Å². The molecule has 6 heteroatoms. The third kappa shape index (κ3) is 7.58. The quantitative estimate of drug-likeness (QED) is 0.280. The van der Waals surface area contributed by atoms with Crippen LogP contribution in [0.2, 0.25) is 0 Å². The average Bonchev–Trinajstić information content (AvgIpc) is 2.20. The van der Waals surface area contributed by atoms with Gasteiger partial charge in [-0.2, -0.15) is 17.5 Å². The van der Waals surface area contributed by atoms with Crippen LogP contribution in [0.15, 0.2) is 17.5 Å². The summed E-state index contributed by atoms with van der Waals surface area (Å²) in [5.74, 6) is 0.645. The largest absolute Gasteiger partial charge is 0.496 e. The fraction of sp³-hybridized carbons (Fsp3) is 0.833. The summed E-state index contributed by atoms with van der Waals surface area (Å²) in [6.07, 6.45) is 0.823. The van der Waals surface area contributed by atoms with Gasteiger partial charge in [-0.3, -0.25) is 0 Å². The molecule has 18 heavy (non-hydrogen) atoms. The van der Waals surface area contributed by atoms with Crippen LogP contribution in [0.1, 0.15) is 34.1 Å². The highest BCUT2D eigenvalue weighted by Crippen LogP contribution is 2.37. The van der Waals surface area contributed by atoms with Crippen LogP contribution in [0.4, 0.5) is 0 Å². The van der Waals surface area contributed by atoms with Crippen molar-refractivity contribution in [1.29, 1.82) is 0 Å². The number of thiol groups is 1. The van der Waals surface area contributed by atoms with Crippen molar-refractivity contribution in [2.24, 2.45) is 10.6 Å². The molecule has 0 aromatic heterocycles. The number of halogens is 1. The number of allylic oxidation sites excluding steroid dienone is 1. The van der Waals surface area contributed by atoms with Crippen LogP contribution >= 0.6 is 35.6 Å². The van der Waals surface area contributed by atoms with Gasteiger partial charge in [-0.25, -0.2) is 0 Å². The summed E-state index contributed by atoms with van der Waals surface area (Å²) in [6, 6.07) is -0.501. The topological polar surface area (TPSA) is 47.9 Å². The van der Waals surface area contributed by atoms with E-state index in [-0.39, 0.29) is 23.4 Å². The predicted octanol–water partition coefficient (Wildman–Crippen LogP) is 4.14. The Balaban J connectivity index is 4.34. The Kier molecular flexibility index (Phi) is 7.77. The van der Waals surface area contributed by atoms with Gasteiger partial charge < -0.3 is 7.80 Å². The first-order valence-corrected chi connectivity index (χ1v) is 7.06. The molecule has 0 aromatic carbocycles. The molecule has 0 aliphatic carbocycles. The molecule has 0 saturated carbocycles. The lowest BCUT2D eigenvalue weighted by Crippen LogP contribution is -2.28. The maximum Gasteiger partial charge on any atom is 0.150 e. The lowest BCUT2D eigenvalue weighted by molar-refractivity contribution is 0.116. The molecule has 0 fully saturated rings. The summed E-state index contributed by atoms with van der Waals surface area (Å²) in [5.41, 5.74) is -0.204. The van der Waals surface area contributed by atoms with Crippen molar-refractivity contribution in [2.45, 2.75) is 44.9 Å². The highest BCUT2D eigenvalue weighted by molar-refractivity contribution is 14.1. The smallest absolute Gasteiger partial charge is 0.150 e. The van der Waals surface area contributed by atoms with Crippen molar-refractivity contribution < 1.29 is 7.80 Å². The number of rotatable bonds is 9. The summed E-state index contributed by atoms with van der Waals surface area (Å²) in [6.45, 7) is 12.6. The maximum absolute atomic E-state index is 10.5. The van der Waals surface area contributed by atoms with Crippen LogP contribution in [0.25, 0.3) is 0 Å². The summed E-state index contributed by atoms with van der Waals surface area (Å²) in [5, 5.41) is 2.95. The van der Waals surface area contributed by atoms with Crippen LogP contribution in [0, 0.1) is 10.3 Å². The molecule has 0 radical (unpaired) electrons. The Bertz CT molecular complexity index is 290. The van der Waals surface area contributed by atoms with Crippen molar-refractivity contribution in [3.8, 4) is 0 Å². The summed E-state index contributed by atoms with van der Waals surface area (Å²) >= 11 is 6.25. The third-order valence-electron chi connectivity index (χ3n) is 2.48. The summed E-state index contributed by atoms with van der Waals surface area (Å²) in [7, 11) is 0. The SMILES string of the molecule is C=C(OCC(COI)N=O)C(C)(C)CC(C)(C)S. The van der Waals surface area contributed by atoms with Crippen LogP contribution in [0.3, 0.4) is 0 Å². The molecule has 0 saturated heterocycles. The molecule has 0 amide bonds. The van der Waals surface area contributed by atoms with E-state index in [0.717, 1.165) is 6.42 Å². The lowest BCUT2D eigenvalue weighted by Gasteiger charge is -2.33. The zero-order valence-electron chi connectivity index (χ0n) is 11.4. The van der Waals surface area contributed by atoms with Gasteiger partial charge in [0, 0.05) is 10.2 Å². The van der Waals surface area contributed by atoms with Gasteiger partial charge in [0.15, 0.2) is 0 Å².